The average molecular weight is 323 g/mol. The van der Waals surface area contributed by atoms with Crippen LogP contribution in [0.3, 0.4) is 0 Å². The monoisotopic (exact) mass is 323 g/mol. The summed E-state index contributed by atoms with van der Waals surface area (Å²) in [5.41, 5.74) is 3.15. The Hall–Kier alpha value is -2.13. The second-order valence-corrected chi connectivity index (χ2v) is 5.80. The van der Waals surface area contributed by atoms with Crippen LogP contribution in [0, 0.1) is 0 Å². The number of hydrogen-bond acceptors (Lipinski definition) is 3. The van der Waals surface area contributed by atoms with Crippen LogP contribution >= 0.6 is 12.6 Å². The largest absolute Gasteiger partial charge is 0.288 e. The van der Waals surface area contributed by atoms with Crippen LogP contribution in [0.4, 0.5) is 0 Å². The summed E-state index contributed by atoms with van der Waals surface area (Å²) in [5.74, 6) is -0.110. The fraction of sp³-hybridized carbons (Fsp3) is 0.200. The van der Waals surface area contributed by atoms with Crippen molar-refractivity contribution in [2.75, 3.05) is 0 Å². The van der Waals surface area contributed by atoms with Gasteiger partial charge in [0.1, 0.15) is 0 Å². The number of benzene rings is 2. The lowest BCUT2D eigenvalue weighted by atomic mass is 10.1. The number of carbonyl (C=O) groups is 1. The van der Waals surface area contributed by atoms with Gasteiger partial charge in [0.15, 0.2) is 0 Å². The smallest absolute Gasteiger partial charge is 0.201 e. The van der Waals surface area contributed by atoms with Gasteiger partial charge in [0.2, 0.25) is 5.78 Å². The van der Waals surface area contributed by atoms with Gasteiger partial charge in [-0.15, -0.1) is 12.6 Å². The number of allylic oxidation sites excluding steroid dienone is 1. The maximum atomic E-state index is 12.7. The predicted octanol–water partition coefficient (Wildman–Crippen LogP) is 5.43. The molecular weight excluding hydrogens is 302 g/mol. The summed E-state index contributed by atoms with van der Waals surface area (Å²) in [6.45, 7) is 4.10. The number of thiol groups is 1. The van der Waals surface area contributed by atoms with Gasteiger partial charge in [-0.05, 0) is 13.3 Å². The number of carbonyl (C=O) groups excluding carboxylic acids is 1. The van der Waals surface area contributed by atoms with E-state index in [1.165, 1.54) is 0 Å². The first kappa shape index (κ1) is 17.2. The minimum absolute atomic E-state index is 0.110. The summed E-state index contributed by atoms with van der Waals surface area (Å²) in [7, 11) is 0. The zero-order valence-electron chi connectivity index (χ0n) is 13.5. The molecule has 0 heterocycles. The second-order valence-electron chi connectivity index (χ2n) is 5.36. The van der Waals surface area contributed by atoms with Gasteiger partial charge in [-0.25, -0.2) is 0 Å². The molecule has 0 saturated heterocycles. The Balaban J connectivity index is 2.51. The highest BCUT2D eigenvalue weighted by Crippen LogP contribution is 2.26. The highest BCUT2D eigenvalue weighted by Gasteiger charge is 2.15. The minimum Gasteiger partial charge on any atom is -0.288 e. The van der Waals surface area contributed by atoms with Gasteiger partial charge in [-0.2, -0.15) is 0 Å². The quantitative estimate of drug-likeness (QED) is 0.327. The lowest BCUT2D eigenvalue weighted by Crippen LogP contribution is -2.03. The Labute approximate surface area is 143 Å². The summed E-state index contributed by atoms with van der Waals surface area (Å²) in [5, 5.41) is 0. The molecular formula is C20H21NOS. The molecule has 0 amide bonds. The van der Waals surface area contributed by atoms with E-state index in [1.54, 1.807) is 12.1 Å². The summed E-state index contributed by atoms with van der Waals surface area (Å²) in [6.07, 6.45) is 1.92. The average Bonchev–Trinajstić information content (AvgIpc) is 2.60. The van der Waals surface area contributed by atoms with E-state index in [0.717, 1.165) is 24.1 Å². The zero-order valence-corrected chi connectivity index (χ0v) is 14.4. The van der Waals surface area contributed by atoms with Gasteiger partial charge in [0, 0.05) is 16.8 Å². The molecule has 0 radical (unpaired) electrons. The van der Waals surface area contributed by atoms with E-state index in [9.17, 15) is 4.79 Å². The molecule has 0 bridgehead atoms. The molecule has 2 aromatic rings. The van der Waals surface area contributed by atoms with E-state index < -0.39 is 0 Å². The fourth-order valence-corrected chi connectivity index (χ4v) is 2.60. The van der Waals surface area contributed by atoms with Gasteiger partial charge in [0.25, 0.3) is 0 Å². The minimum atomic E-state index is -0.110. The van der Waals surface area contributed by atoms with Crippen LogP contribution in [0.5, 0.6) is 0 Å². The van der Waals surface area contributed by atoms with Crippen molar-refractivity contribution in [1.29, 1.82) is 0 Å². The van der Waals surface area contributed by atoms with E-state index in [1.807, 2.05) is 55.5 Å². The Kier molecular flexibility index (Phi) is 6.36. The molecule has 2 nitrogen and oxygen atoms in total. The van der Waals surface area contributed by atoms with Gasteiger partial charge in [-0.3, -0.25) is 9.79 Å². The van der Waals surface area contributed by atoms with Gasteiger partial charge in [-0.1, -0.05) is 74.0 Å². The molecule has 0 aliphatic rings. The third-order valence-corrected chi connectivity index (χ3v) is 3.85. The summed E-state index contributed by atoms with van der Waals surface area (Å²) < 4.78 is 0. The van der Waals surface area contributed by atoms with Crippen molar-refractivity contribution < 1.29 is 4.79 Å². The molecule has 0 aromatic heterocycles. The fourth-order valence-electron chi connectivity index (χ4n) is 2.29. The number of aliphatic imine (C=N–C) groups is 1. The Morgan fingerprint density at radius 3 is 2.00 bits per heavy atom. The van der Waals surface area contributed by atoms with Crippen LogP contribution in [-0.4, -0.2) is 11.5 Å². The number of Topliss-reactive ketones (excluding diaryl/α,β-unsaturated/α-hetero) is 1. The maximum Gasteiger partial charge on any atom is 0.201 e. The van der Waals surface area contributed by atoms with E-state index >= 15 is 0 Å². The van der Waals surface area contributed by atoms with Gasteiger partial charge >= 0.3 is 0 Å². The van der Waals surface area contributed by atoms with E-state index in [0.29, 0.717) is 16.2 Å². The van der Waals surface area contributed by atoms with Crippen LogP contribution in [0.25, 0.3) is 5.70 Å². The number of nitrogens with zero attached hydrogens (tertiary/aromatic N) is 1. The normalized spacial score (nSPS) is 12.7. The van der Waals surface area contributed by atoms with Crippen molar-refractivity contribution in [3.8, 4) is 0 Å². The molecule has 3 heteroatoms. The molecule has 0 saturated carbocycles. The Morgan fingerprint density at radius 2 is 1.48 bits per heavy atom. The number of hydrogen-bond donors (Lipinski definition) is 1. The molecule has 2 aromatic carbocycles. The standard InChI is InChI=1S/C20H21NOS/c1-3-10-15(2)21-18(16-11-6-4-7-12-16)20(23)19(22)17-13-8-5-9-14-17/h4-9,11-14,23H,3,10H2,1-2H3/b20-18-,21-15?. The molecule has 23 heavy (non-hydrogen) atoms. The summed E-state index contributed by atoms with van der Waals surface area (Å²) in [4.78, 5) is 17.8. The molecule has 0 atom stereocenters. The molecule has 0 unspecified atom stereocenters. The maximum absolute atomic E-state index is 12.7. The molecule has 0 aliphatic heterocycles. The molecule has 0 fully saturated rings. The first-order chi connectivity index (χ1) is 11.1. The van der Waals surface area contributed by atoms with E-state index in [2.05, 4.69) is 24.5 Å². The Bertz CT molecular complexity index is 718. The highest BCUT2D eigenvalue weighted by molar-refractivity contribution is 7.86. The van der Waals surface area contributed by atoms with Crippen molar-refractivity contribution in [3.63, 3.8) is 0 Å². The van der Waals surface area contributed by atoms with Crippen LogP contribution in [0.1, 0.15) is 42.6 Å². The number of rotatable bonds is 6. The SMILES string of the molecule is CCCC(C)=N/C(=C(\S)C(=O)c1ccccc1)c1ccccc1. The zero-order chi connectivity index (χ0) is 16.7. The summed E-state index contributed by atoms with van der Waals surface area (Å²) in [6, 6.07) is 18.9. The molecule has 118 valence electrons. The van der Waals surface area contributed by atoms with E-state index in [4.69, 9.17) is 0 Å². The Morgan fingerprint density at radius 1 is 0.957 bits per heavy atom. The van der Waals surface area contributed by atoms with Crippen LogP contribution < -0.4 is 0 Å². The van der Waals surface area contributed by atoms with Crippen molar-refractivity contribution in [2.24, 2.45) is 4.99 Å². The van der Waals surface area contributed by atoms with Gasteiger partial charge in [0.05, 0.1) is 10.6 Å². The second kappa shape index (κ2) is 8.49. The third kappa shape index (κ3) is 4.67. The van der Waals surface area contributed by atoms with Crippen molar-refractivity contribution in [1.82, 2.24) is 0 Å². The first-order valence-corrected chi connectivity index (χ1v) is 8.20. The predicted molar refractivity (Wildman–Crippen MR) is 101 cm³/mol. The van der Waals surface area contributed by atoms with Crippen molar-refractivity contribution in [3.05, 3.63) is 76.7 Å². The summed E-state index contributed by atoms with van der Waals surface area (Å²) >= 11 is 4.51. The van der Waals surface area contributed by atoms with Crippen molar-refractivity contribution in [2.45, 2.75) is 26.7 Å². The molecule has 0 spiro atoms. The lowest BCUT2D eigenvalue weighted by Gasteiger charge is -2.09. The van der Waals surface area contributed by atoms with Crippen LogP contribution in [-0.2, 0) is 0 Å². The highest BCUT2D eigenvalue weighted by atomic mass is 32.1. The van der Waals surface area contributed by atoms with Crippen molar-refractivity contribution >= 4 is 29.8 Å². The lowest BCUT2D eigenvalue weighted by molar-refractivity contribution is 0.104. The molecule has 0 N–H and O–H groups in total. The topological polar surface area (TPSA) is 29.4 Å². The third-order valence-electron chi connectivity index (χ3n) is 3.44. The molecule has 2 rings (SSSR count). The van der Waals surface area contributed by atoms with Crippen LogP contribution in [0.15, 0.2) is 70.6 Å². The van der Waals surface area contributed by atoms with E-state index in [-0.39, 0.29) is 5.78 Å². The van der Waals surface area contributed by atoms with Crippen LogP contribution in [0.2, 0.25) is 0 Å². The van der Waals surface area contributed by atoms with Gasteiger partial charge < -0.3 is 0 Å². The first-order valence-electron chi connectivity index (χ1n) is 7.76. The molecule has 0 aliphatic carbocycles. The number of ketones is 1.